The summed E-state index contributed by atoms with van der Waals surface area (Å²) >= 11 is 0. The maximum absolute atomic E-state index is 3.89. The monoisotopic (exact) mass is 289 g/mol. The maximum atomic E-state index is 3.89. The van der Waals surface area contributed by atoms with E-state index >= 15 is 0 Å². The van der Waals surface area contributed by atoms with Crippen molar-refractivity contribution in [3.63, 3.8) is 0 Å². The predicted molar refractivity (Wildman–Crippen MR) is 92.0 cm³/mol. The summed E-state index contributed by atoms with van der Waals surface area (Å²) in [5.41, 5.74) is 1.37. The summed E-state index contributed by atoms with van der Waals surface area (Å²) in [5, 5.41) is 3.89. The van der Waals surface area contributed by atoms with Gasteiger partial charge in [-0.1, -0.05) is 32.0 Å². The zero-order valence-electron chi connectivity index (χ0n) is 14.0. The first kappa shape index (κ1) is 16.3. The van der Waals surface area contributed by atoms with Crippen LogP contribution in [0, 0.1) is 5.92 Å². The predicted octanol–water partition coefficient (Wildman–Crippen LogP) is 2.83. The van der Waals surface area contributed by atoms with Crippen molar-refractivity contribution >= 4 is 5.69 Å². The molecular weight excluding hydrogens is 258 g/mol. The van der Waals surface area contributed by atoms with E-state index < -0.39 is 0 Å². The number of benzene rings is 1. The Morgan fingerprint density at radius 3 is 2.29 bits per heavy atom. The molecule has 1 aromatic rings. The summed E-state index contributed by atoms with van der Waals surface area (Å²) in [5.74, 6) is 0.680. The minimum atomic E-state index is 0.591. The fraction of sp³-hybridized carbons (Fsp3) is 0.667. The van der Waals surface area contributed by atoms with E-state index in [9.17, 15) is 0 Å². The highest BCUT2D eigenvalue weighted by Crippen LogP contribution is 2.20. The Morgan fingerprint density at radius 2 is 1.76 bits per heavy atom. The number of piperidine rings is 1. The van der Waals surface area contributed by atoms with E-state index in [0.29, 0.717) is 18.0 Å². The molecule has 118 valence electrons. The minimum Gasteiger partial charge on any atom is -0.371 e. The molecule has 21 heavy (non-hydrogen) atoms. The van der Waals surface area contributed by atoms with Crippen LogP contribution in [-0.2, 0) is 0 Å². The van der Waals surface area contributed by atoms with Crippen molar-refractivity contribution in [1.29, 1.82) is 0 Å². The molecule has 1 aliphatic rings. The zero-order chi connectivity index (χ0) is 15.2. The van der Waals surface area contributed by atoms with Gasteiger partial charge in [0.1, 0.15) is 0 Å². The lowest BCUT2D eigenvalue weighted by Gasteiger charge is -2.37. The molecule has 1 aromatic carbocycles. The first-order valence-corrected chi connectivity index (χ1v) is 8.27. The van der Waals surface area contributed by atoms with Crippen LogP contribution in [-0.4, -0.2) is 50.7 Å². The lowest BCUT2D eigenvalue weighted by atomic mass is 9.98. The van der Waals surface area contributed by atoms with Crippen molar-refractivity contribution in [2.24, 2.45) is 5.92 Å². The SMILES string of the molecule is CC(C)C(CN(C)C)NC1CCN(c2ccccc2)CC1. The first-order chi connectivity index (χ1) is 10.1. The van der Waals surface area contributed by atoms with Gasteiger partial charge in [-0.25, -0.2) is 0 Å². The fourth-order valence-corrected chi connectivity index (χ4v) is 3.10. The van der Waals surface area contributed by atoms with E-state index in [0.717, 1.165) is 19.6 Å². The van der Waals surface area contributed by atoms with Gasteiger partial charge in [0, 0.05) is 37.4 Å². The van der Waals surface area contributed by atoms with Gasteiger partial charge in [0.05, 0.1) is 0 Å². The molecule has 0 aromatic heterocycles. The molecule has 0 bridgehead atoms. The van der Waals surface area contributed by atoms with Crippen molar-refractivity contribution in [3.8, 4) is 0 Å². The van der Waals surface area contributed by atoms with Crippen LogP contribution in [0.15, 0.2) is 30.3 Å². The topological polar surface area (TPSA) is 18.5 Å². The normalized spacial score (nSPS) is 18.5. The third kappa shape index (κ3) is 5.01. The molecule has 1 aliphatic heterocycles. The van der Waals surface area contributed by atoms with Gasteiger partial charge >= 0.3 is 0 Å². The number of nitrogens with one attached hydrogen (secondary N) is 1. The highest BCUT2D eigenvalue weighted by Gasteiger charge is 2.23. The average molecular weight is 289 g/mol. The van der Waals surface area contributed by atoms with Crippen molar-refractivity contribution in [3.05, 3.63) is 30.3 Å². The highest BCUT2D eigenvalue weighted by molar-refractivity contribution is 5.46. The first-order valence-electron chi connectivity index (χ1n) is 8.27. The Bertz CT molecular complexity index is 394. The second-order valence-electron chi connectivity index (χ2n) is 6.88. The Labute approximate surface area is 130 Å². The van der Waals surface area contributed by atoms with Gasteiger partial charge in [-0.05, 0) is 45.0 Å². The van der Waals surface area contributed by atoms with E-state index in [1.165, 1.54) is 18.5 Å². The van der Waals surface area contributed by atoms with Crippen LogP contribution >= 0.6 is 0 Å². The van der Waals surface area contributed by atoms with Crippen molar-refractivity contribution < 1.29 is 0 Å². The minimum absolute atomic E-state index is 0.591. The van der Waals surface area contributed by atoms with Crippen molar-refractivity contribution in [2.75, 3.05) is 38.6 Å². The van der Waals surface area contributed by atoms with E-state index in [1.54, 1.807) is 0 Å². The number of nitrogens with zero attached hydrogens (tertiary/aromatic N) is 2. The molecule has 2 rings (SSSR count). The quantitative estimate of drug-likeness (QED) is 0.869. The van der Waals surface area contributed by atoms with Gasteiger partial charge in [0.15, 0.2) is 0 Å². The van der Waals surface area contributed by atoms with Crippen LogP contribution in [0.1, 0.15) is 26.7 Å². The molecule has 0 aliphatic carbocycles. The number of likely N-dealkylation sites (N-methyl/N-ethyl adjacent to an activating group) is 1. The number of hydrogen-bond donors (Lipinski definition) is 1. The van der Waals surface area contributed by atoms with Crippen LogP contribution in [0.25, 0.3) is 0 Å². The largest absolute Gasteiger partial charge is 0.371 e. The molecule has 0 amide bonds. The molecule has 0 radical (unpaired) electrons. The number of para-hydroxylation sites is 1. The molecule has 3 nitrogen and oxygen atoms in total. The van der Waals surface area contributed by atoms with E-state index in [4.69, 9.17) is 0 Å². The maximum Gasteiger partial charge on any atom is 0.0366 e. The smallest absolute Gasteiger partial charge is 0.0366 e. The van der Waals surface area contributed by atoms with E-state index in [1.807, 2.05) is 0 Å². The van der Waals surface area contributed by atoms with E-state index in [-0.39, 0.29) is 0 Å². The number of anilines is 1. The summed E-state index contributed by atoms with van der Waals surface area (Å²) in [7, 11) is 4.32. The fourth-order valence-electron chi connectivity index (χ4n) is 3.10. The van der Waals surface area contributed by atoms with Crippen LogP contribution in [0.5, 0.6) is 0 Å². The van der Waals surface area contributed by atoms with Gasteiger partial charge in [0.25, 0.3) is 0 Å². The number of rotatable bonds is 6. The average Bonchev–Trinajstić information content (AvgIpc) is 2.48. The third-order valence-corrected chi connectivity index (χ3v) is 4.43. The lowest BCUT2D eigenvalue weighted by molar-refractivity contribution is 0.254. The Hall–Kier alpha value is -1.06. The van der Waals surface area contributed by atoms with Gasteiger partial charge in [-0.15, -0.1) is 0 Å². The van der Waals surface area contributed by atoms with Gasteiger partial charge in [0.2, 0.25) is 0 Å². The third-order valence-electron chi connectivity index (χ3n) is 4.43. The number of hydrogen-bond acceptors (Lipinski definition) is 3. The molecular formula is C18H31N3. The Balaban J connectivity index is 1.83. The zero-order valence-corrected chi connectivity index (χ0v) is 14.0. The van der Waals surface area contributed by atoms with E-state index in [2.05, 4.69) is 73.4 Å². The van der Waals surface area contributed by atoms with Crippen LogP contribution in [0.4, 0.5) is 5.69 Å². The second-order valence-corrected chi connectivity index (χ2v) is 6.88. The molecule has 1 fully saturated rings. The van der Waals surface area contributed by atoms with Crippen LogP contribution in [0.3, 0.4) is 0 Å². The lowest BCUT2D eigenvalue weighted by Crippen LogP contribution is -2.51. The summed E-state index contributed by atoms with van der Waals surface area (Å²) in [4.78, 5) is 4.80. The summed E-state index contributed by atoms with van der Waals surface area (Å²) in [6, 6.07) is 12.0. The van der Waals surface area contributed by atoms with Crippen molar-refractivity contribution in [1.82, 2.24) is 10.2 Å². The molecule has 1 heterocycles. The molecule has 1 atom stereocenters. The standard InChI is InChI=1S/C18H31N3/c1-15(2)18(14-20(3)4)19-16-10-12-21(13-11-16)17-8-6-5-7-9-17/h5-9,15-16,18-19H,10-14H2,1-4H3. The molecule has 3 heteroatoms. The summed E-state index contributed by atoms with van der Waals surface area (Å²) < 4.78 is 0. The summed E-state index contributed by atoms with van der Waals surface area (Å²) in [6.45, 7) is 8.08. The van der Waals surface area contributed by atoms with Gasteiger partial charge in [-0.2, -0.15) is 0 Å². The molecule has 1 N–H and O–H groups in total. The molecule has 0 saturated carbocycles. The molecule has 0 spiro atoms. The van der Waals surface area contributed by atoms with Crippen molar-refractivity contribution in [2.45, 2.75) is 38.8 Å². The van der Waals surface area contributed by atoms with Gasteiger partial charge < -0.3 is 15.1 Å². The Kier molecular flexibility index (Phi) is 6.07. The molecule has 1 saturated heterocycles. The van der Waals surface area contributed by atoms with Crippen LogP contribution < -0.4 is 10.2 Å². The van der Waals surface area contributed by atoms with Crippen LogP contribution in [0.2, 0.25) is 0 Å². The van der Waals surface area contributed by atoms with Gasteiger partial charge in [-0.3, -0.25) is 0 Å². The summed E-state index contributed by atoms with van der Waals surface area (Å²) in [6.07, 6.45) is 2.48. The molecule has 1 unspecified atom stereocenters. The second kappa shape index (κ2) is 7.81. The highest BCUT2D eigenvalue weighted by atomic mass is 15.2. The Morgan fingerprint density at radius 1 is 1.14 bits per heavy atom.